The highest BCUT2D eigenvalue weighted by Crippen LogP contribution is 2.24. The predicted molar refractivity (Wildman–Crippen MR) is 61.2 cm³/mol. The summed E-state index contributed by atoms with van der Waals surface area (Å²) in [6, 6.07) is 5.74. The molecule has 0 radical (unpaired) electrons. The average molecular weight is 216 g/mol. The van der Waals surface area contributed by atoms with Crippen molar-refractivity contribution in [1.82, 2.24) is 4.98 Å². The number of aromatic nitrogens is 1. The van der Waals surface area contributed by atoms with Gasteiger partial charge in [-0.25, -0.2) is 4.98 Å². The van der Waals surface area contributed by atoms with Crippen LogP contribution < -0.4 is 4.74 Å². The molecule has 0 atom stereocenters. The van der Waals surface area contributed by atoms with Gasteiger partial charge >= 0.3 is 0 Å². The zero-order valence-electron chi connectivity index (χ0n) is 9.57. The van der Waals surface area contributed by atoms with Crippen LogP contribution in [0.5, 0.6) is 5.88 Å². The monoisotopic (exact) mass is 216 g/mol. The maximum absolute atomic E-state index is 8.97. The van der Waals surface area contributed by atoms with Crippen LogP contribution in [0.25, 0.3) is 0 Å². The zero-order chi connectivity index (χ0) is 11.4. The van der Waals surface area contributed by atoms with Crippen molar-refractivity contribution in [1.29, 1.82) is 5.26 Å². The SMILES string of the molecule is Cc1ccc(C#N)c(OC2CCCCC2)n1. The molecular weight excluding hydrogens is 200 g/mol. The summed E-state index contributed by atoms with van der Waals surface area (Å²) < 4.78 is 5.82. The number of hydrogen-bond donors (Lipinski definition) is 0. The van der Waals surface area contributed by atoms with E-state index in [1.54, 1.807) is 6.07 Å². The van der Waals surface area contributed by atoms with E-state index < -0.39 is 0 Å². The topological polar surface area (TPSA) is 45.9 Å². The van der Waals surface area contributed by atoms with E-state index in [4.69, 9.17) is 10.00 Å². The molecule has 0 amide bonds. The Balaban J connectivity index is 2.13. The number of nitrogens with zero attached hydrogens (tertiary/aromatic N) is 2. The third kappa shape index (κ3) is 2.52. The minimum atomic E-state index is 0.246. The summed E-state index contributed by atoms with van der Waals surface area (Å²) in [6.45, 7) is 1.91. The molecule has 3 nitrogen and oxygen atoms in total. The second-order valence-corrected chi connectivity index (χ2v) is 4.30. The van der Waals surface area contributed by atoms with Crippen LogP contribution in [0.2, 0.25) is 0 Å². The standard InChI is InChI=1S/C13H16N2O/c1-10-7-8-11(9-14)13(15-10)16-12-5-3-2-4-6-12/h7-8,12H,2-6H2,1H3. The first-order chi connectivity index (χ1) is 7.79. The van der Waals surface area contributed by atoms with E-state index in [-0.39, 0.29) is 6.10 Å². The number of rotatable bonds is 2. The fraction of sp³-hybridized carbons (Fsp3) is 0.538. The van der Waals surface area contributed by atoms with Crippen molar-refractivity contribution < 1.29 is 4.74 Å². The van der Waals surface area contributed by atoms with Crippen LogP contribution in [0.4, 0.5) is 0 Å². The Bertz CT molecular complexity index is 403. The van der Waals surface area contributed by atoms with Crippen LogP contribution in [0.1, 0.15) is 43.4 Å². The smallest absolute Gasteiger partial charge is 0.232 e. The Labute approximate surface area is 96.1 Å². The third-order valence-electron chi connectivity index (χ3n) is 2.95. The van der Waals surface area contributed by atoms with E-state index in [1.807, 2.05) is 13.0 Å². The van der Waals surface area contributed by atoms with Crippen molar-refractivity contribution in [3.63, 3.8) is 0 Å². The Hall–Kier alpha value is -1.56. The second-order valence-electron chi connectivity index (χ2n) is 4.30. The summed E-state index contributed by atoms with van der Waals surface area (Å²) in [7, 11) is 0. The van der Waals surface area contributed by atoms with Crippen LogP contribution >= 0.6 is 0 Å². The Kier molecular flexibility index (Phi) is 3.40. The fourth-order valence-corrected chi connectivity index (χ4v) is 2.05. The van der Waals surface area contributed by atoms with Gasteiger partial charge in [-0.1, -0.05) is 6.42 Å². The van der Waals surface area contributed by atoms with Crippen molar-refractivity contribution >= 4 is 0 Å². The van der Waals surface area contributed by atoms with Crippen molar-refractivity contribution in [3.05, 3.63) is 23.4 Å². The van der Waals surface area contributed by atoms with Gasteiger partial charge in [-0.05, 0) is 44.7 Å². The highest BCUT2D eigenvalue weighted by molar-refractivity contribution is 5.38. The van der Waals surface area contributed by atoms with Gasteiger partial charge in [-0.15, -0.1) is 0 Å². The van der Waals surface area contributed by atoms with Crippen LogP contribution in [0, 0.1) is 18.3 Å². The van der Waals surface area contributed by atoms with Crippen molar-refractivity contribution in [2.24, 2.45) is 0 Å². The molecule has 1 aliphatic carbocycles. The lowest BCUT2D eigenvalue weighted by molar-refractivity contribution is 0.148. The molecule has 1 aliphatic rings. The Morgan fingerprint density at radius 3 is 2.75 bits per heavy atom. The summed E-state index contributed by atoms with van der Waals surface area (Å²) in [5.41, 5.74) is 1.43. The van der Waals surface area contributed by atoms with Gasteiger partial charge in [-0.2, -0.15) is 5.26 Å². The molecule has 1 heterocycles. The number of aryl methyl sites for hydroxylation is 1. The van der Waals surface area contributed by atoms with E-state index in [1.165, 1.54) is 19.3 Å². The van der Waals surface area contributed by atoms with Gasteiger partial charge in [0.15, 0.2) is 0 Å². The molecule has 0 N–H and O–H groups in total. The summed E-state index contributed by atoms with van der Waals surface area (Å²) in [4.78, 5) is 4.29. The van der Waals surface area contributed by atoms with Gasteiger partial charge in [0.2, 0.25) is 5.88 Å². The fourth-order valence-electron chi connectivity index (χ4n) is 2.05. The van der Waals surface area contributed by atoms with Crippen LogP contribution in [-0.4, -0.2) is 11.1 Å². The Morgan fingerprint density at radius 1 is 1.31 bits per heavy atom. The van der Waals surface area contributed by atoms with Crippen molar-refractivity contribution in [2.45, 2.75) is 45.1 Å². The lowest BCUT2D eigenvalue weighted by Crippen LogP contribution is -2.20. The average Bonchev–Trinajstić information content (AvgIpc) is 2.31. The first-order valence-corrected chi connectivity index (χ1v) is 5.84. The van der Waals surface area contributed by atoms with E-state index >= 15 is 0 Å². The highest BCUT2D eigenvalue weighted by atomic mass is 16.5. The lowest BCUT2D eigenvalue weighted by Gasteiger charge is -2.22. The Morgan fingerprint density at radius 2 is 2.06 bits per heavy atom. The van der Waals surface area contributed by atoms with Crippen LogP contribution in [0.15, 0.2) is 12.1 Å². The van der Waals surface area contributed by atoms with E-state index in [0.29, 0.717) is 11.4 Å². The van der Waals surface area contributed by atoms with Gasteiger partial charge in [0.25, 0.3) is 0 Å². The lowest BCUT2D eigenvalue weighted by atomic mass is 9.98. The third-order valence-corrected chi connectivity index (χ3v) is 2.95. The summed E-state index contributed by atoms with van der Waals surface area (Å²) in [5, 5.41) is 8.97. The first-order valence-electron chi connectivity index (χ1n) is 5.84. The minimum absolute atomic E-state index is 0.246. The van der Waals surface area contributed by atoms with Gasteiger partial charge in [0, 0.05) is 5.69 Å². The number of pyridine rings is 1. The van der Waals surface area contributed by atoms with Crippen LogP contribution in [0.3, 0.4) is 0 Å². The normalized spacial score (nSPS) is 16.8. The molecule has 0 bridgehead atoms. The highest BCUT2D eigenvalue weighted by Gasteiger charge is 2.17. The summed E-state index contributed by atoms with van der Waals surface area (Å²) in [6.07, 6.45) is 6.15. The van der Waals surface area contributed by atoms with Gasteiger partial charge in [0.05, 0.1) is 0 Å². The van der Waals surface area contributed by atoms with E-state index in [9.17, 15) is 0 Å². The quantitative estimate of drug-likeness (QED) is 0.763. The minimum Gasteiger partial charge on any atom is -0.473 e. The predicted octanol–water partition coefficient (Wildman–Crippen LogP) is 2.97. The molecule has 1 fully saturated rings. The van der Waals surface area contributed by atoms with E-state index in [2.05, 4.69) is 11.1 Å². The number of nitriles is 1. The molecule has 1 aromatic heterocycles. The molecule has 0 spiro atoms. The molecule has 1 saturated carbocycles. The number of hydrogen-bond acceptors (Lipinski definition) is 3. The molecule has 0 aromatic carbocycles. The largest absolute Gasteiger partial charge is 0.473 e. The van der Waals surface area contributed by atoms with Gasteiger partial charge < -0.3 is 4.74 Å². The first kappa shape index (κ1) is 10.9. The number of ether oxygens (including phenoxy) is 1. The van der Waals surface area contributed by atoms with Gasteiger partial charge in [-0.3, -0.25) is 0 Å². The zero-order valence-corrected chi connectivity index (χ0v) is 9.57. The maximum Gasteiger partial charge on any atom is 0.232 e. The van der Waals surface area contributed by atoms with Gasteiger partial charge in [0.1, 0.15) is 17.7 Å². The molecule has 16 heavy (non-hydrogen) atoms. The molecule has 1 aromatic rings. The summed E-state index contributed by atoms with van der Waals surface area (Å²) in [5.74, 6) is 0.509. The molecule has 2 rings (SSSR count). The molecule has 0 saturated heterocycles. The molecular formula is C13H16N2O. The van der Waals surface area contributed by atoms with E-state index in [0.717, 1.165) is 18.5 Å². The maximum atomic E-state index is 8.97. The van der Waals surface area contributed by atoms with Crippen molar-refractivity contribution in [3.8, 4) is 11.9 Å². The van der Waals surface area contributed by atoms with Crippen LogP contribution in [-0.2, 0) is 0 Å². The summed E-state index contributed by atoms with van der Waals surface area (Å²) >= 11 is 0. The second kappa shape index (κ2) is 4.98. The van der Waals surface area contributed by atoms with Crippen molar-refractivity contribution in [2.75, 3.05) is 0 Å². The molecule has 3 heteroatoms. The molecule has 0 aliphatic heterocycles. The molecule has 84 valence electrons. The molecule has 0 unspecified atom stereocenters.